The van der Waals surface area contributed by atoms with Crippen LogP contribution in [0.15, 0.2) is 72.8 Å². The van der Waals surface area contributed by atoms with Crippen LogP contribution in [0.5, 0.6) is 0 Å². The zero-order chi connectivity index (χ0) is 24.0. The predicted octanol–water partition coefficient (Wildman–Crippen LogP) is 6.14. The summed E-state index contributed by atoms with van der Waals surface area (Å²) in [6, 6.07) is 26.5. The van der Waals surface area contributed by atoms with Crippen LogP contribution in [0.25, 0.3) is 0 Å². The van der Waals surface area contributed by atoms with Crippen molar-refractivity contribution in [1.82, 2.24) is 0 Å². The molecule has 3 rings (SSSR count). The van der Waals surface area contributed by atoms with Crippen LogP contribution in [0.1, 0.15) is 61.2 Å². The number of hydrogen-bond donors (Lipinski definition) is 0. The molecule has 4 atom stereocenters. The fraction of sp³-hybridized carbons (Fsp3) is 0.379. The van der Waals surface area contributed by atoms with E-state index in [4.69, 9.17) is 9.47 Å². The molecule has 0 aliphatic rings. The van der Waals surface area contributed by atoms with Gasteiger partial charge in [0.05, 0.1) is 0 Å². The van der Waals surface area contributed by atoms with Crippen molar-refractivity contribution in [3.8, 4) is 0 Å². The van der Waals surface area contributed by atoms with E-state index in [-0.39, 0.29) is 27.2 Å². The average molecular weight is 511 g/mol. The Hall–Kier alpha value is -2.10. The molecule has 0 amide bonds. The van der Waals surface area contributed by atoms with E-state index in [1.807, 2.05) is 0 Å². The molecule has 3 nitrogen and oxygen atoms in total. The van der Waals surface area contributed by atoms with Gasteiger partial charge in [-0.25, -0.2) is 0 Å². The topological polar surface area (TPSA) is 21.7 Å². The summed E-state index contributed by atoms with van der Waals surface area (Å²) in [5.74, 6) is 0.319. The van der Waals surface area contributed by atoms with Crippen LogP contribution in [-0.2, 0) is 9.47 Å². The Kier molecular flexibility index (Phi) is 9.17. The van der Waals surface area contributed by atoms with Crippen molar-refractivity contribution in [1.29, 1.82) is 0 Å². The van der Waals surface area contributed by atoms with Gasteiger partial charge in [-0.15, -0.1) is 0 Å². The molecule has 0 aliphatic carbocycles. The predicted molar refractivity (Wildman–Crippen MR) is 141 cm³/mol. The molecule has 0 bridgehead atoms. The zero-order valence-electron chi connectivity index (χ0n) is 20.9. The van der Waals surface area contributed by atoms with Gasteiger partial charge < -0.3 is 0 Å². The maximum atomic E-state index is 5.76. The Morgan fingerprint density at radius 3 is 1.67 bits per heavy atom. The average Bonchev–Trinajstić information content (AvgIpc) is 2.84. The van der Waals surface area contributed by atoms with Crippen molar-refractivity contribution < 1.29 is 9.47 Å². The van der Waals surface area contributed by atoms with Crippen molar-refractivity contribution in [2.45, 2.75) is 43.7 Å². The number of benzene rings is 3. The molecular weight excluding hydrogens is 473 g/mol. The standard InChI is InChI=1S/C29H37NO2Se/c1-20(31-6)26-14-11-15-27(21(2)32-7)29(26)33-22(3)28(23-12-9-8-10-13-23)24-16-18-25(19-17-24)30(4)5/h8-22,28H,1-7H3/t20-,21-,22-,28+/m1/s1. The molecule has 33 heavy (non-hydrogen) atoms. The Balaban J connectivity index is 2.05. The van der Waals surface area contributed by atoms with E-state index in [1.54, 1.807) is 14.2 Å². The van der Waals surface area contributed by atoms with Crippen molar-refractivity contribution in [3.05, 3.63) is 95.1 Å². The summed E-state index contributed by atoms with van der Waals surface area (Å²) >= 11 is 0.215. The van der Waals surface area contributed by atoms with Crippen LogP contribution in [0.2, 0.25) is 4.82 Å². The summed E-state index contributed by atoms with van der Waals surface area (Å²) < 4.78 is 12.9. The first kappa shape index (κ1) is 25.5. The molecule has 4 heteroatoms. The molecule has 0 N–H and O–H groups in total. The van der Waals surface area contributed by atoms with E-state index in [2.05, 4.69) is 113 Å². The van der Waals surface area contributed by atoms with Gasteiger partial charge in [0.1, 0.15) is 0 Å². The van der Waals surface area contributed by atoms with Crippen LogP contribution in [0.3, 0.4) is 0 Å². The molecule has 0 unspecified atom stereocenters. The van der Waals surface area contributed by atoms with Crippen LogP contribution in [-0.4, -0.2) is 43.3 Å². The van der Waals surface area contributed by atoms with Crippen LogP contribution >= 0.6 is 0 Å². The first-order valence-electron chi connectivity index (χ1n) is 11.5. The molecule has 176 valence electrons. The monoisotopic (exact) mass is 511 g/mol. The quantitative estimate of drug-likeness (QED) is 0.306. The number of rotatable bonds is 10. The third-order valence-electron chi connectivity index (χ3n) is 6.36. The van der Waals surface area contributed by atoms with Crippen LogP contribution in [0.4, 0.5) is 5.69 Å². The Bertz CT molecular complexity index is 976. The van der Waals surface area contributed by atoms with Crippen molar-refractivity contribution in [3.63, 3.8) is 0 Å². The maximum absolute atomic E-state index is 5.76. The van der Waals surface area contributed by atoms with Gasteiger partial charge >= 0.3 is 207 Å². The molecule has 0 fully saturated rings. The molecular formula is C29H37NO2Se. The summed E-state index contributed by atoms with van der Waals surface area (Å²) in [5.41, 5.74) is 6.50. The van der Waals surface area contributed by atoms with E-state index in [1.165, 1.54) is 32.4 Å². The van der Waals surface area contributed by atoms with Gasteiger partial charge in [-0.05, 0) is 0 Å². The van der Waals surface area contributed by atoms with E-state index in [9.17, 15) is 0 Å². The normalized spacial score (nSPS) is 15.0. The minimum absolute atomic E-state index is 0.0487. The van der Waals surface area contributed by atoms with Crippen molar-refractivity contribution in [2.24, 2.45) is 0 Å². The van der Waals surface area contributed by atoms with Crippen molar-refractivity contribution in [2.75, 3.05) is 33.2 Å². The zero-order valence-corrected chi connectivity index (χ0v) is 22.6. The van der Waals surface area contributed by atoms with Crippen LogP contribution < -0.4 is 9.36 Å². The summed E-state index contributed by atoms with van der Waals surface area (Å²) in [7, 11) is 7.75. The first-order chi connectivity index (χ1) is 15.9. The third-order valence-corrected chi connectivity index (χ3v) is 9.19. The van der Waals surface area contributed by atoms with Gasteiger partial charge in [0.25, 0.3) is 0 Å². The molecule has 0 aromatic heterocycles. The molecule has 0 spiro atoms. The Morgan fingerprint density at radius 1 is 0.667 bits per heavy atom. The molecule has 0 saturated carbocycles. The number of hydrogen-bond acceptors (Lipinski definition) is 3. The second-order valence-electron chi connectivity index (χ2n) is 8.72. The van der Waals surface area contributed by atoms with Gasteiger partial charge in [0.15, 0.2) is 0 Å². The van der Waals surface area contributed by atoms with Gasteiger partial charge in [-0.1, -0.05) is 0 Å². The van der Waals surface area contributed by atoms with Gasteiger partial charge in [-0.3, -0.25) is 0 Å². The third kappa shape index (κ3) is 6.07. The Morgan fingerprint density at radius 2 is 1.18 bits per heavy atom. The minimum atomic E-state index is 0.0487. The second-order valence-corrected chi connectivity index (χ2v) is 11.6. The molecule has 0 aliphatic heterocycles. The summed E-state index contributed by atoms with van der Waals surface area (Å²) in [6.45, 7) is 6.66. The van der Waals surface area contributed by atoms with E-state index < -0.39 is 0 Å². The van der Waals surface area contributed by atoms with Gasteiger partial charge in [0, 0.05) is 0 Å². The SMILES string of the molecule is CO[C@H](C)c1cccc([C@@H](C)OC)c1[Se][C@H](C)[C@@H](c1ccccc1)c1ccc(N(C)C)cc1. The summed E-state index contributed by atoms with van der Waals surface area (Å²) in [5, 5.41) is 0. The number of methoxy groups -OCH3 is 2. The van der Waals surface area contributed by atoms with Crippen molar-refractivity contribution >= 4 is 25.1 Å². The summed E-state index contributed by atoms with van der Waals surface area (Å²) in [6.07, 6.45) is 0.0975. The van der Waals surface area contributed by atoms with Gasteiger partial charge in [-0.2, -0.15) is 0 Å². The number of nitrogens with zero attached hydrogens (tertiary/aromatic N) is 1. The number of anilines is 1. The molecule has 3 aromatic rings. The number of ether oxygens (including phenoxy) is 2. The van der Waals surface area contributed by atoms with Crippen LogP contribution in [0, 0.1) is 0 Å². The fourth-order valence-corrected chi connectivity index (χ4v) is 7.51. The Labute approximate surface area is 206 Å². The molecule has 0 radical (unpaired) electrons. The van der Waals surface area contributed by atoms with E-state index in [0.717, 1.165) is 0 Å². The van der Waals surface area contributed by atoms with Gasteiger partial charge in [0.2, 0.25) is 0 Å². The fourth-order valence-electron chi connectivity index (χ4n) is 4.23. The van der Waals surface area contributed by atoms with E-state index in [0.29, 0.717) is 10.7 Å². The van der Waals surface area contributed by atoms with E-state index >= 15 is 0 Å². The second kappa shape index (κ2) is 11.9. The summed E-state index contributed by atoms with van der Waals surface area (Å²) in [4.78, 5) is 2.59. The molecule has 3 aromatic carbocycles. The molecule has 0 heterocycles. The first-order valence-corrected chi connectivity index (χ1v) is 13.4. The molecule has 0 saturated heterocycles.